The van der Waals surface area contributed by atoms with Crippen LogP contribution in [0.15, 0.2) is 35.7 Å². The molecule has 1 aliphatic rings. The molecule has 1 amide bonds. The maximum atomic E-state index is 13.9. The summed E-state index contributed by atoms with van der Waals surface area (Å²) in [4.78, 5) is 12.8. The van der Waals surface area contributed by atoms with E-state index in [0.29, 0.717) is 12.3 Å². The Bertz CT molecular complexity index is 815. The zero-order valence-electron chi connectivity index (χ0n) is 15.7. The van der Waals surface area contributed by atoms with Gasteiger partial charge in [-0.05, 0) is 29.1 Å². The van der Waals surface area contributed by atoms with E-state index in [1.807, 2.05) is 12.1 Å². The van der Waals surface area contributed by atoms with E-state index in [2.05, 4.69) is 5.32 Å². The molecule has 1 saturated heterocycles. The number of nitrogens with one attached hydrogen (secondary N) is 1. The molecule has 5 unspecified atom stereocenters. The van der Waals surface area contributed by atoms with Crippen LogP contribution in [0.2, 0.25) is 0 Å². The highest BCUT2D eigenvalue weighted by atomic mass is 32.1. The van der Waals surface area contributed by atoms with Gasteiger partial charge in [0.15, 0.2) is 6.17 Å². The highest BCUT2D eigenvalue weighted by Gasteiger charge is 2.45. The zero-order chi connectivity index (χ0) is 21.0. The highest BCUT2D eigenvalue weighted by molar-refractivity contribution is 7.12. The van der Waals surface area contributed by atoms with Crippen LogP contribution in [0.1, 0.15) is 15.2 Å². The Morgan fingerprint density at radius 2 is 2.00 bits per heavy atom. The maximum absolute atomic E-state index is 13.9. The number of carbonyl (C=O) groups is 1. The molecule has 0 saturated carbocycles. The molecule has 2 heterocycles. The lowest BCUT2D eigenvalue weighted by Gasteiger charge is -2.38. The third-order valence-corrected chi connectivity index (χ3v) is 5.44. The van der Waals surface area contributed by atoms with Crippen LogP contribution in [0.5, 0.6) is 11.5 Å². The SMILES string of the molecule is COc1ccc(CNC(=O)c2sccc2OC2OC(CN)C(F)C(O)C2O)cc1. The van der Waals surface area contributed by atoms with Gasteiger partial charge in [0.05, 0.1) is 7.11 Å². The van der Waals surface area contributed by atoms with E-state index >= 15 is 0 Å². The van der Waals surface area contributed by atoms with E-state index in [1.54, 1.807) is 24.6 Å². The number of halogens is 1. The quantitative estimate of drug-likeness (QED) is 0.517. The topological polar surface area (TPSA) is 123 Å². The fourth-order valence-corrected chi connectivity index (χ4v) is 3.61. The van der Waals surface area contributed by atoms with Gasteiger partial charge in [-0.3, -0.25) is 4.79 Å². The van der Waals surface area contributed by atoms with Gasteiger partial charge in [0.2, 0.25) is 6.29 Å². The minimum absolute atomic E-state index is 0.159. The molecule has 1 fully saturated rings. The number of hydrogen-bond donors (Lipinski definition) is 4. The van der Waals surface area contributed by atoms with E-state index < -0.39 is 30.8 Å². The molecule has 1 aromatic heterocycles. The van der Waals surface area contributed by atoms with Crippen molar-refractivity contribution in [2.24, 2.45) is 5.73 Å². The van der Waals surface area contributed by atoms with Gasteiger partial charge >= 0.3 is 0 Å². The number of aliphatic hydroxyl groups is 2. The first-order valence-electron chi connectivity index (χ1n) is 8.95. The van der Waals surface area contributed by atoms with Crippen LogP contribution in [0.25, 0.3) is 0 Å². The Kier molecular flexibility index (Phi) is 7.04. The van der Waals surface area contributed by atoms with Gasteiger partial charge in [0.25, 0.3) is 5.91 Å². The first-order chi connectivity index (χ1) is 13.9. The standard InChI is InChI=1S/C19H23FN2O6S/c1-26-11-4-2-10(3-5-11)9-22-18(25)17-12(6-7-29-17)27-19-16(24)15(23)14(20)13(8-21)28-19/h2-7,13-16,19,23-24H,8-9,21H2,1H3,(H,22,25). The number of carbonyl (C=O) groups excluding carboxylic acids is 1. The van der Waals surface area contributed by atoms with Crippen molar-refractivity contribution in [1.29, 1.82) is 0 Å². The monoisotopic (exact) mass is 426 g/mol. The molecule has 0 bridgehead atoms. The summed E-state index contributed by atoms with van der Waals surface area (Å²) in [6.45, 7) is 0.101. The number of nitrogens with two attached hydrogens (primary N) is 1. The number of methoxy groups -OCH3 is 1. The first kappa shape index (κ1) is 21.5. The average Bonchev–Trinajstić information content (AvgIpc) is 3.21. The van der Waals surface area contributed by atoms with Crippen LogP contribution in [-0.4, -0.2) is 60.5 Å². The lowest BCUT2D eigenvalue weighted by Crippen LogP contribution is -2.59. The summed E-state index contributed by atoms with van der Waals surface area (Å²) >= 11 is 1.14. The lowest BCUT2D eigenvalue weighted by molar-refractivity contribution is -0.257. The van der Waals surface area contributed by atoms with E-state index in [0.717, 1.165) is 16.9 Å². The highest BCUT2D eigenvalue weighted by Crippen LogP contribution is 2.30. The fraction of sp³-hybridized carbons (Fsp3) is 0.421. The van der Waals surface area contributed by atoms with Crippen molar-refractivity contribution < 1.29 is 33.6 Å². The minimum atomic E-state index is -1.83. The summed E-state index contributed by atoms with van der Waals surface area (Å²) in [5.41, 5.74) is 6.33. The van der Waals surface area contributed by atoms with E-state index in [9.17, 15) is 19.4 Å². The summed E-state index contributed by atoms with van der Waals surface area (Å²) < 4.78 is 29.9. The second-order valence-corrected chi connectivity index (χ2v) is 7.38. The number of thiophene rings is 1. The van der Waals surface area contributed by atoms with Gasteiger partial charge in [-0.25, -0.2) is 4.39 Å². The maximum Gasteiger partial charge on any atom is 0.265 e. The predicted molar refractivity (Wildman–Crippen MR) is 104 cm³/mol. The number of hydrogen-bond acceptors (Lipinski definition) is 8. The number of rotatable bonds is 7. The lowest BCUT2D eigenvalue weighted by atomic mass is 10.0. The van der Waals surface area contributed by atoms with Gasteiger partial charge in [-0.1, -0.05) is 12.1 Å². The van der Waals surface area contributed by atoms with Crippen molar-refractivity contribution >= 4 is 17.2 Å². The molecule has 5 N–H and O–H groups in total. The smallest absolute Gasteiger partial charge is 0.265 e. The van der Waals surface area contributed by atoms with Crippen LogP contribution >= 0.6 is 11.3 Å². The Morgan fingerprint density at radius 3 is 2.66 bits per heavy atom. The van der Waals surface area contributed by atoms with Crippen molar-refractivity contribution in [3.05, 3.63) is 46.2 Å². The Hall–Kier alpha value is -2.24. The van der Waals surface area contributed by atoms with Gasteiger partial charge < -0.3 is 35.5 Å². The van der Waals surface area contributed by atoms with E-state index in [4.69, 9.17) is 19.9 Å². The Balaban J connectivity index is 1.64. The third-order valence-electron chi connectivity index (χ3n) is 4.54. The second-order valence-electron chi connectivity index (χ2n) is 6.47. The van der Waals surface area contributed by atoms with Gasteiger partial charge in [-0.15, -0.1) is 11.3 Å². The normalized spacial score (nSPS) is 26.7. The van der Waals surface area contributed by atoms with Crippen LogP contribution in [0.4, 0.5) is 4.39 Å². The molecule has 1 aromatic carbocycles. The summed E-state index contributed by atoms with van der Waals surface area (Å²) in [6.07, 6.45) is -7.63. The molecule has 1 aliphatic heterocycles. The summed E-state index contributed by atoms with van der Waals surface area (Å²) in [5.74, 6) is 0.496. The van der Waals surface area contributed by atoms with Crippen molar-refractivity contribution in [1.82, 2.24) is 5.32 Å². The van der Waals surface area contributed by atoms with Gasteiger partial charge in [0.1, 0.15) is 34.7 Å². The van der Waals surface area contributed by atoms with Crippen molar-refractivity contribution in [2.45, 2.75) is 37.3 Å². The third kappa shape index (κ3) is 4.85. The molecule has 8 nitrogen and oxygen atoms in total. The van der Waals surface area contributed by atoms with Crippen molar-refractivity contribution in [3.8, 4) is 11.5 Å². The summed E-state index contributed by atoms with van der Waals surface area (Å²) in [6, 6.07) is 8.78. The number of amides is 1. The number of ether oxygens (including phenoxy) is 3. The molecule has 29 heavy (non-hydrogen) atoms. The number of aliphatic hydroxyl groups excluding tert-OH is 2. The van der Waals surface area contributed by atoms with E-state index in [1.165, 1.54) is 6.07 Å². The zero-order valence-corrected chi connectivity index (χ0v) is 16.5. The minimum Gasteiger partial charge on any atom is -0.497 e. The fourth-order valence-electron chi connectivity index (χ4n) is 2.87. The molecule has 2 aromatic rings. The summed E-state index contributed by atoms with van der Waals surface area (Å²) in [5, 5.41) is 24.3. The van der Waals surface area contributed by atoms with Crippen molar-refractivity contribution in [2.75, 3.05) is 13.7 Å². The molecular weight excluding hydrogens is 403 g/mol. The van der Waals surface area contributed by atoms with Crippen LogP contribution in [-0.2, 0) is 11.3 Å². The summed E-state index contributed by atoms with van der Waals surface area (Å²) in [7, 11) is 1.57. The van der Waals surface area contributed by atoms with Crippen LogP contribution in [0, 0.1) is 0 Å². The molecular formula is C19H23FN2O6S. The van der Waals surface area contributed by atoms with Crippen molar-refractivity contribution in [3.63, 3.8) is 0 Å². The van der Waals surface area contributed by atoms with Gasteiger partial charge in [0, 0.05) is 13.1 Å². The molecule has 0 spiro atoms. The Labute approximate surface area is 171 Å². The molecule has 0 radical (unpaired) electrons. The predicted octanol–water partition coefficient (Wildman–Crippen LogP) is 0.809. The molecule has 10 heteroatoms. The van der Waals surface area contributed by atoms with E-state index in [-0.39, 0.29) is 23.1 Å². The number of alkyl halides is 1. The number of benzene rings is 1. The molecule has 158 valence electrons. The van der Waals surface area contributed by atoms with Crippen LogP contribution in [0.3, 0.4) is 0 Å². The Morgan fingerprint density at radius 1 is 1.28 bits per heavy atom. The molecule has 0 aliphatic carbocycles. The second kappa shape index (κ2) is 9.51. The molecule has 5 atom stereocenters. The van der Waals surface area contributed by atoms with Crippen LogP contribution < -0.4 is 20.5 Å². The molecule has 3 rings (SSSR count). The largest absolute Gasteiger partial charge is 0.497 e. The van der Waals surface area contributed by atoms with Gasteiger partial charge in [-0.2, -0.15) is 0 Å². The average molecular weight is 426 g/mol. The first-order valence-corrected chi connectivity index (χ1v) is 9.83.